The van der Waals surface area contributed by atoms with Gasteiger partial charge in [-0.2, -0.15) is 0 Å². The Morgan fingerprint density at radius 3 is 2.41 bits per heavy atom. The van der Waals surface area contributed by atoms with E-state index in [1.54, 1.807) is 12.1 Å². The third-order valence-electron chi connectivity index (χ3n) is 4.72. The zero-order valence-corrected chi connectivity index (χ0v) is 18.8. The van der Waals surface area contributed by atoms with Crippen LogP contribution in [0.5, 0.6) is 5.75 Å². The van der Waals surface area contributed by atoms with Crippen LogP contribution in [0.1, 0.15) is 44.0 Å². The van der Waals surface area contributed by atoms with Gasteiger partial charge in [-0.25, -0.2) is 9.59 Å². The van der Waals surface area contributed by atoms with E-state index in [1.165, 1.54) is 28.7 Å². The Morgan fingerprint density at radius 2 is 1.84 bits per heavy atom. The molecule has 2 aromatic rings. The maximum atomic E-state index is 13.0. The lowest BCUT2D eigenvalue weighted by Gasteiger charge is -2.26. The van der Waals surface area contributed by atoms with E-state index in [0.29, 0.717) is 18.7 Å². The van der Waals surface area contributed by atoms with Crippen LogP contribution in [0.25, 0.3) is 0 Å². The average Bonchev–Trinajstić information content (AvgIpc) is 2.76. The van der Waals surface area contributed by atoms with E-state index < -0.39 is 29.7 Å². The topological polar surface area (TPSA) is 137 Å². The number of hydrogen-bond acceptors (Lipinski definition) is 7. The number of carbonyl (C=O) groups excluding carboxylic acids is 2. The summed E-state index contributed by atoms with van der Waals surface area (Å²) in [5, 5.41) is 0. The number of esters is 1. The second-order valence-electron chi connectivity index (χ2n) is 7.70. The summed E-state index contributed by atoms with van der Waals surface area (Å²) in [6.07, 6.45) is 1.49. The van der Waals surface area contributed by atoms with Gasteiger partial charge < -0.3 is 20.1 Å². The number of amides is 1. The van der Waals surface area contributed by atoms with E-state index in [1.807, 2.05) is 20.8 Å². The Labute approximate surface area is 185 Å². The fourth-order valence-electron chi connectivity index (χ4n) is 3.08. The Kier molecular flexibility index (Phi) is 8.62. The summed E-state index contributed by atoms with van der Waals surface area (Å²) in [5.41, 5.74) is 4.87. The molecule has 0 atom stereocenters. The summed E-state index contributed by atoms with van der Waals surface area (Å²) >= 11 is 0. The summed E-state index contributed by atoms with van der Waals surface area (Å²) in [6.45, 7) is 5.55. The van der Waals surface area contributed by atoms with E-state index in [4.69, 9.17) is 15.2 Å². The number of carbonyl (C=O) groups is 2. The summed E-state index contributed by atoms with van der Waals surface area (Å²) in [6, 6.07) is 6.24. The minimum atomic E-state index is -0.768. The number of benzene rings is 1. The molecule has 32 heavy (non-hydrogen) atoms. The van der Waals surface area contributed by atoms with Crippen LogP contribution in [0.4, 0.5) is 11.5 Å². The number of aromatic amines is 1. The predicted octanol–water partition coefficient (Wildman–Crippen LogP) is 1.77. The van der Waals surface area contributed by atoms with Crippen LogP contribution in [0.2, 0.25) is 0 Å². The second-order valence-corrected chi connectivity index (χ2v) is 7.70. The molecule has 0 radical (unpaired) electrons. The van der Waals surface area contributed by atoms with Crippen molar-refractivity contribution in [1.29, 1.82) is 0 Å². The first-order chi connectivity index (χ1) is 15.2. The fourth-order valence-corrected chi connectivity index (χ4v) is 3.08. The van der Waals surface area contributed by atoms with Gasteiger partial charge in [0, 0.05) is 13.1 Å². The maximum absolute atomic E-state index is 13.0. The third-order valence-corrected chi connectivity index (χ3v) is 4.72. The first kappa shape index (κ1) is 24.7. The number of H-pyrrole nitrogens is 1. The average molecular weight is 447 g/mol. The van der Waals surface area contributed by atoms with Gasteiger partial charge in [-0.3, -0.25) is 19.1 Å². The van der Waals surface area contributed by atoms with Crippen LogP contribution in [0.15, 0.2) is 33.9 Å². The highest BCUT2D eigenvalue weighted by atomic mass is 16.5. The number of nitrogen functional groups attached to an aromatic ring is 1. The van der Waals surface area contributed by atoms with Crippen molar-refractivity contribution in [2.24, 2.45) is 5.92 Å². The van der Waals surface area contributed by atoms with E-state index in [2.05, 4.69) is 4.98 Å². The fraction of sp³-hybridized carbons (Fsp3) is 0.455. The Balaban J connectivity index is 2.29. The molecule has 1 amide bonds. The highest BCUT2D eigenvalue weighted by molar-refractivity contribution is 5.98. The molecule has 0 saturated carbocycles. The lowest BCUT2D eigenvalue weighted by Crippen LogP contribution is -2.44. The number of hydrogen-bond donors (Lipinski definition) is 2. The van der Waals surface area contributed by atoms with Gasteiger partial charge in [0.2, 0.25) is 0 Å². The van der Waals surface area contributed by atoms with Crippen molar-refractivity contribution in [1.82, 2.24) is 9.55 Å². The zero-order chi connectivity index (χ0) is 23.8. The SMILES string of the molecule is CCCCn1c(N)c(N(CC(C)C)C(=O)COC(=O)c2ccc(OC)cc2)c(=O)[nH]c1=O. The smallest absolute Gasteiger partial charge is 0.338 e. The normalized spacial score (nSPS) is 10.8. The molecule has 0 aliphatic heterocycles. The van der Waals surface area contributed by atoms with Gasteiger partial charge in [-0.05, 0) is 36.6 Å². The lowest BCUT2D eigenvalue weighted by molar-refractivity contribution is -0.121. The molecule has 0 spiro atoms. The summed E-state index contributed by atoms with van der Waals surface area (Å²) in [5.74, 6) is -0.860. The first-order valence-electron chi connectivity index (χ1n) is 10.4. The number of unbranched alkanes of at least 4 members (excludes halogenated alkanes) is 1. The van der Waals surface area contributed by atoms with Crippen molar-refractivity contribution in [3.63, 3.8) is 0 Å². The number of aromatic nitrogens is 2. The molecule has 0 unspecified atom stereocenters. The van der Waals surface area contributed by atoms with Crippen LogP contribution in [-0.4, -0.2) is 41.7 Å². The van der Waals surface area contributed by atoms with Crippen molar-refractivity contribution in [3.8, 4) is 5.75 Å². The molecule has 3 N–H and O–H groups in total. The van der Waals surface area contributed by atoms with E-state index >= 15 is 0 Å². The van der Waals surface area contributed by atoms with Crippen LogP contribution in [0, 0.1) is 5.92 Å². The molecule has 0 saturated heterocycles. The van der Waals surface area contributed by atoms with Crippen molar-refractivity contribution < 1.29 is 19.1 Å². The molecule has 10 heteroatoms. The number of methoxy groups -OCH3 is 1. The van der Waals surface area contributed by atoms with Gasteiger partial charge in [-0.15, -0.1) is 0 Å². The molecule has 1 heterocycles. The van der Waals surface area contributed by atoms with Crippen molar-refractivity contribution in [2.45, 2.75) is 40.2 Å². The number of nitrogens with zero attached hydrogens (tertiary/aromatic N) is 2. The Bertz CT molecular complexity index is 1060. The highest BCUT2D eigenvalue weighted by Gasteiger charge is 2.26. The van der Waals surface area contributed by atoms with Gasteiger partial charge in [0.15, 0.2) is 12.3 Å². The summed E-state index contributed by atoms with van der Waals surface area (Å²) < 4.78 is 11.4. The summed E-state index contributed by atoms with van der Waals surface area (Å²) in [7, 11) is 1.51. The predicted molar refractivity (Wildman–Crippen MR) is 121 cm³/mol. The van der Waals surface area contributed by atoms with Crippen molar-refractivity contribution >= 4 is 23.4 Å². The van der Waals surface area contributed by atoms with Crippen LogP contribution in [0.3, 0.4) is 0 Å². The molecular formula is C22H30N4O6. The summed E-state index contributed by atoms with van der Waals surface area (Å²) in [4.78, 5) is 53.4. The molecule has 0 bridgehead atoms. The molecule has 10 nitrogen and oxygen atoms in total. The molecule has 0 aliphatic carbocycles. The van der Waals surface area contributed by atoms with Crippen molar-refractivity contribution in [3.05, 3.63) is 50.7 Å². The van der Waals surface area contributed by atoms with Crippen LogP contribution < -0.4 is 26.6 Å². The van der Waals surface area contributed by atoms with Gasteiger partial charge in [0.25, 0.3) is 11.5 Å². The highest BCUT2D eigenvalue weighted by Crippen LogP contribution is 2.19. The number of nitrogens with two attached hydrogens (primary N) is 1. The number of nitrogens with one attached hydrogen (secondary N) is 1. The zero-order valence-electron chi connectivity index (χ0n) is 18.8. The Hall–Kier alpha value is -3.56. The van der Waals surface area contributed by atoms with Crippen LogP contribution in [-0.2, 0) is 16.1 Å². The monoisotopic (exact) mass is 446 g/mol. The number of anilines is 2. The molecule has 1 aromatic heterocycles. The van der Waals surface area contributed by atoms with E-state index in [9.17, 15) is 19.2 Å². The number of rotatable bonds is 10. The van der Waals surface area contributed by atoms with Crippen LogP contribution >= 0.6 is 0 Å². The Morgan fingerprint density at radius 1 is 1.19 bits per heavy atom. The minimum absolute atomic E-state index is 0.0222. The third kappa shape index (κ3) is 5.99. The van der Waals surface area contributed by atoms with Gasteiger partial charge in [0.05, 0.1) is 12.7 Å². The quantitative estimate of drug-likeness (QED) is 0.531. The first-order valence-corrected chi connectivity index (χ1v) is 10.4. The van der Waals surface area contributed by atoms with Gasteiger partial charge in [0.1, 0.15) is 11.6 Å². The number of ether oxygens (including phenoxy) is 2. The molecule has 0 aliphatic rings. The molecule has 2 rings (SSSR count). The van der Waals surface area contributed by atoms with E-state index in [0.717, 1.165) is 6.42 Å². The largest absolute Gasteiger partial charge is 0.497 e. The maximum Gasteiger partial charge on any atom is 0.338 e. The molecular weight excluding hydrogens is 416 g/mol. The van der Waals surface area contributed by atoms with E-state index in [-0.39, 0.29) is 29.5 Å². The molecule has 174 valence electrons. The standard InChI is InChI=1S/C22H30N4O6/c1-5-6-11-25-19(23)18(20(28)24-22(25)30)26(12-14(2)3)17(27)13-32-21(29)15-7-9-16(31-4)10-8-15/h7-10,14H,5-6,11-13,23H2,1-4H3,(H,24,28,30). The van der Waals surface area contributed by atoms with Gasteiger partial charge in [-0.1, -0.05) is 27.2 Å². The molecule has 0 fully saturated rings. The molecule has 1 aromatic carbocycles. The minimum Gasteiger partial charge on any atom is -0.497 e. The van der Waals surface area contributed by atoms with Gasteiger partial charge >= 0.3 is 11.7 Å². The van der Waals surface area contributed by atoms with Crippen molar-refractivity contribution in [2.75, 3.05) is 30.9 Å². The second kappa shape index (κ2) is 11.2. The lowest BCUT2D eigenvalue weighted by atomic mass is 10.2.